The van der Waals surface area contributed by atoms with Gasteiger partial charge >= 0.3 is 0 Å². The molecule has 1 amide bonds. The van der Waals surface area contributed by atoms with Gasteiger partial charge in [-0.25, -0.2) is 0 Å². The third-order valence-corrected chi connectivity index (χ3v) is 5.28. The lowest BCUT2D eigenvalue weighted by Gasteiger charge is -2.39. The van der Waals surface area contributed by atoms with Crippen molar-refractivity contribution in [3.8, 4) is 5.69 Å². The number of β-amino-alcohol motifs (C(OH)–C–C–N with tert-alkyl or cyclic N) is 1. The predicted molar refractivity (Wildman–Crippen MR) is 91.3 cm³/mol. The van der Waals surface area contributed by atoms with E-state index in [2.05, 4.69) is 20.4 Å². The first-order valence-electron chi connectivity index (χ1n) is 8.72. The van der Waals surface area contributed by atoms with Crippen molar-refractivity contribution in [1.29, 1.82) is 0 Å². The summed E-state index contributed by atoms with van der Waals surface area (Å²) in [7, 11) is 0. The van der Waals surface area contributed by atoms with Crippen LogP contribution in [0.4, 0.5) is 5.95 Å². The summed E-state index contributed by atoms with van der Waals surface area (Å²) in [5.74, 6) is 0.837. The highest BCUT2D eigenvalue weighted by Crippen LogP contribution is 2.41. The minimum absolute atomic E-state index is 0.0117. The number of hydrogen-bond donors (Lipinski definition) is 1. The largest absolute Gasteiger partial charge is 0.395 e. The van der Waals surface area contributed by atoms with Gasteiger partial charge in [-0.2, -0.15) is 4.68 Å². The number of carbonyl (C=O) groups is 1. The molecule has 1 aromatic carbocycles. The van der Waals surface area contributed by atoms with E-state index in [9.17, 15) is 9.90 Å². The molecular weight excluding hydrogens is 320 g/mol. The first-order chi connectivity index (χ1) is 12.2. The Balaban J connectivity index is 1.58. The van der Waals surface area contributed by atoms with Crippen LogP contribution in [0, 0.1) is 5.41 Å². The highest BCUT2D eigenvalue weighted by Gasteiger charge is 2.49. The number of anilines is 1. The van der Waals surface area contributed by atoms with Gasteiger partial charge < -0.3 is 14.9 Å². The fourth-order valence-electron chi connectivity index (χ4n) is 4.02. The molecule has 2 aliphatic heterocycles. The number of aliphatic hydroxyl groups is 1. The fraction of sp³-hybridized carbons (Fsp3) is 0.529. The van der Waals surface area contributed by atoms with Crippen molar-refractivity contribution in [3.05, 3.63) is 30.3 Å². The van der Waals surface area contributed by atoms with Gasteiger partial charge in [-0.05, 0) is 41.8 Å². The van der Waals surface area contributed by atoms with Gasteiger partial charge in [0.15, 0.2) is 0 Å². The standard InChI is InChI=1S/C17H22N6O2/c24-12-11-21-9-4-7-17(15(21)25)8-10-22(13-17)16-18-19-20-23(16)14-5-2-1-3-6-14/h1-3,5-6,24H,4,7-13H2/t17-/m1/s1. The Labute approximate surface area is 146 Å². The monoisotopic (exact) mass is 342 g/mol. The summed E-state index contributed by atoms with van der Waals surface area (Å²) in [5.41, 5.74) is 0.529. The number of carbonyl (C=O) groups excluding carboxylic acids is 1. The minimum atomic E-state index is -0.374. The zero-order chi connectivity index (χ0) is 17.3. The molecule has 25 heavy (non-hydrogen) atoms. The maximum Gasteiger partial charge on any atom is 0.250 e. The molecule has 2 aromatic rings. The Morgan fingerprint density at radius 1 is 1.16 bits per heavy atom. The maximum atomic E-state index is 12.9. The molecule has 0 saturated carbocycles. The molecular formula is C17H22N6O2. The number of rotatable bonds is 4. The first-order valence-corrected chi connectivity index (χ1v) is 8.72. The quantitative estimate of drug-likeness (QED) is 0.869. The third kappa shape index (κ3) is 2.76. The van der Waals surface area contributed by atoms with Crippen molar-refractivity contribution in [1.82, 2.24) is 25.1 Å². The van der Waals surface area contributed by atoms with E-state index in [1.807, 2.05) is 30.3 Å². The molecule has 0 bridgehead atoms. The molecule has 8 nitrogen and oxygen atoms in total. The van der Waals surface area contributed by atoms with Crippen molar-refractivity contribution in [2.45, 2.75) is 19.3 Å². The Morgan fingerprint density at radius 3 is 2.80 bits per heavy atom. The van der Waals surface area contributed by atoms with E-state index in [-0.39, 0.29) is 17.9 Å². The molecule has 132 valence electrons. The van der Waals surface area contributed by atoms with E-state index in [1.54, 1.807) is 9.58 Å². The number of nitrogens with zero attached hydrogens (tertiary/aromatic N) is 6. The molecule has 0 radical (unpaired) electrons. The van der Waals surface area contributed by atoms with Crippen LogP contribution in [0.3, 0.4) is 0 Å². The van der Waals surface area contributed by atoms with E-state index in [1.165, 1.54) is 0 Å². The minimum Gasteiger partial charge on any atom is -0.395 e. The molecule has 0 unspecified atom stereocenters. The van der Waals surface area contributed by atoms with E-state index in [0.717, 1.165) is 38.0 Å². The van der Waals surface area contributed by atoms with Crippen LogP contribution in [0.15, 0.2) is 30.3 Å². The Kier molecular flexibility index (Phi) is 4.12. The van der Waals surface area contributed by atoms with Crippen LogP contribution in [0.2, 0.25) is 0 Å². The molecule has 2 fully saturated rings. The zero-order valence-electron chi connectivity index (χ0n) is 14.1. The second-order valence-electron chi connectivity index (χ2n) is 6.80. The second kappa shape index (κ2) is 6.44. The molecule has 1 spiro atoms. The number of likely N-dealkylation sites (tertiary alicyclic amines) is 1. The van der Waals surface area contributed by atoms with Gasteiger partial charge in [0.2, 0.25) is 11.9 Å². The lowest BCUT2D eigenvalue weighted by molar-refractivity contribution is -0.145. The Bertz CT molecular complexity index is 747. The number of hydrogen-bond acceptors (Lipinski definition) is 6. The SMILES string of the molecule is O=C1N(CCO)CCC[C@]12CCN(c1nnnn1-c1ccccc1)C2. The summed E-state index contributed by atoms with van der Waals surface area (Å²) in [5, 5.41) is 21.3. The van der Waals surface area contributed by atoms with Gasteiger partial charge in [-0.1, -0.05) is 23.3 Å². The van der Waals surface area contributed by atoms with E-state index >= 15 is 0 Å². The summed E-state index contributed by atoms with van der Waals surface area (Å²) in [4.78, 5) is 16.8. The summed E-state index contributed by atoms with van der Waals surface area (Å²) < 4.78 is 1.72. The molecule has 2 saturated heterocycles. The Morgan fingerprint density at radius 2 is 2.00 bits per heavy atom. The average molecular weight is 342 g/mol. The number of amides is 1. The summed E-state index contributed by atoms with van der Waals surface area (Å²) in [6, 6.07) is 9.77. The molecule has 1 N–H and O–H groups in total. The van der Waals surface area contributed by atoms with Crippen molar-refractivity contribution in [3.63, 3.8) is 0 Å². The summed E-state index contributed by atoms with van der Waals surface area (Å²) >= 11 is 0. The molecule has 1 aromatic heterocycles. The van der Waals surface area contributed by atoms with Crippen LogP contribution in [-0.2, 0) is 4.79 Å². The van der Waals surface area contributed by atoms with Gasteiger partial charge in [0.25, 0.3) is 0 Å². The second-order valence-corrected chi connectivity index (χ2v) is 6.80. The fourth-order valence-corrected chi connectivity index (χ4v) is 4.02. The highest BCUT2D eigenvalue weighted by atomic mass is 16.3. The molecule has 0 aliphatic carbocycles. The van der Waals surface area contributed by atoms with Crippen molar-refractivity contribution >= 4 is 11.9 Å². The van der Waals surface area contributed by atoms with Crippen LogP contribution in [0.25, 0.3) is 5.69 Å². The van der Waals surface area contributed by atoms with Crippen LogP contribution < -0.4 is 4.90 Å². The van der Waals surface area contributed by atoms with Crippen LogP contribution in [0.5, 0.6) is 0 Å². The van der Waals surface area contributed by atoms with E-state index in [0.29, 0.717) is 19.0 Å². The van der Waals surface area contributed by atoms with Gasteiger partial charge in [0.05, 0.1) is 17.7 Å². The van der Waals surface area contributed by atoms with E-state index < -0.39 is 0 Å². The third-order valence-electron chi connectivity index (χ3n) is 5.28. The molecule has 1 atom stereocenters. The molecule has 8 heteroatoms. The number of benzene rings is 1. The maximum absolute atomic E-state index is 12.9. The molecule has 4 rings (SSSR count). The molecule has 2 aliphatic rings. The topological polar surface area (TPSA) is 87.4 Å². The van der Waals surface area contributed by atoms with Gasteiger partial charge in [-0.3, -0.25) is 4.79 Å². The Hall–Kier alpha value is -2.48. The van der Waals surface area contributed by atoms with Crippen molar-refractivity contribution < 1.29 is 9.90 Å². The summed E-state index contributed by atoms with van der Waals surface area (Å²) in [6.07, 6.45) is 2.66. The van der Waals surface area contributed by atoms with Crippen molar-refractivity contribution in [2.75, 3.05) is 37.7 Å². The van der Waals surface area contributed by atoms with Gasteiger partial charge in [-0.15, -0.1) is 0 Å². The lowest BCUT2D eigenvalue weighted by atomic mass is 9.78. The average Bonchev–Trinajstić information content (AvgIpc) is 3.28. The highest BCUT2D eigenvalue weighted by molar-refractivity contribution is 5.85. The number of aromatic nitrogens is 4. The predicted octanol–water partition coefficient (Wildman–Crippen LogP) is 0.473. The van der Waals surface area contributed by atoms with Crippen LogP contribution in [0.1, 0.15) is 19.3 Å². The van der Waals surface area contributed by atoms with Crippen LogP contribution in [-0.4, -0.2) is 68.9 Å². The number of tetrazole rings is 1. The summed E-state index contributed by atoms with van der Waals surface area (Å²) in [6.45, 7) is 2.55. The zero-order valence-corrected chi connectivity index (χ0v) is 14.1. The van der Waals surface area contributed by atoms with Crippen LogP contribution >= 0.6 is 0 Å². The smallest absolute Gasteiger partial charge is 0.250 e. The first kappa shape index (κ1) is 16.0. The van der Waals surface area contributed by atoms with Crippen molar-refractivity contribution in [2.24, 2.45) is 5.41 Å². The normalized spacial score (nSPS) is 23.6. The number of piperidine rings is 1. The van der Waals surface area contributed by atoms with Gasteiger partial charge in [0.1, 0.15) is 0 Å². The lowest BCUT2D eigenvalue weighted by Crippen LogP contribution is -2.51. The number of para-hydroxylation sites is 1. The van der Waals surface area contributed by atoms with E-state index in [4.69, 9.17) is 0 Å². The molecule has 3 heterocycles. The number of aliphatic hydroxyl groups excluding tert-OH is 1. The van der Waals surface area contributed by atoms with Gasteiger partial charge in [0, 0.05) is 26.2 Å².